The number of aromatic nitrogens is 4. The highest BCUT2D eigenvalue weighted by Crippen LogP contribution is 2.28. The molecule has 9 nitrogen and oxygen atoms in total. The molecule has 4 aromatic rings. The van der Waals surface area contributed by atoms with Gasteiger partial charge in [0.25, 0.3) is 5.78 Å². The molecule has 5 rings (SSSR count). The van der Waals surface area contributed by atoms with Crippen molar-refractivity contribution in [1.82, 2.24) is 30.2 Å². The number of nitrogens with zero attached hydrogens (tertiary/aromatic N) is 5. The summed E-state index contributed by atoms with van der Waals surface area (Å²) >= 11 is 0. The van der Waals surface area contributed by atoms with Crippen LogP contribution in [0.4, 0.5) is 14.6 Å². The van der Waals surface area contributed by atoms with Crippen molar-refractivity contribution in [1.29, 1.82) is 0 Å². The van der Waals surface area contributed by atoms with Crippen molar-refractivity contribution < 1.29 is 18.4 Å². The summed E-state index contributed by atoms with van der Waals surface area (Å²) in [6, 6.07) is 12.6. The summed E-state index contributed by atoms with van der Waals surface area (Å²) in [6.07, 6.45) is 3.59. The molecule has 0 bridgehead atoms. The average Bonchev–Trinajstić information content (AvgIpc) is 3.39. The number of amides is 2. The van der Waals surface area contributed by atoms with Crippen LogP contribution in [0.2, 0.25) is 0 Å². The molecule has 0 saturated carbocycles. The lowest BCUT2D eigenvalue weighted by Gasteiger charge is -2.35. The quantitative estimate of drug-likeness (QED) is 0.351. The molecular weight excluding hydrogens is 516 g/mol. The zero-order valence-electron chi connectivity index (χ0n) is 22.4. The largest absolute Gasteiger partial charge is 0.356 e. The third kappa shape index (κ3) is 6.08. The van der Waals surface area contributed by atoms with Crippen LogP contribution < -0.4 is 15.5 Å². The second-order valence-electron chi connectivity index (χ2n) is 10.1. The lowest BCUT2D eigenvalue weighted by atomic mass is 10.00. The molecule has 2 aromatic heterocycles. The Kier molecular flexibility index (Phi) is 7.99. The molecular formula is C29H31F2N7O2. The minimum atomic E-state index is -0.994. The molecule has 2 aromatic carbocycles. The van der Waals surface area contributed by atoms with Crippen molar-refractivity contribution >= 4 is 23.4 Å². The topological polar surface area (TPSA) is 105 Å². The second-order valence-corrected chi connectivity index (χ2v) is 10.1. The minimum Gasteiger partial charge on any atom is -0.356 e. The van der Waals surface area contributed by atoms with Crippen molar-refractivity contribution in [3.05, 3.63) is 88.9 Å². The third-order valence-electron chi connectivity index (χ3n) is 7.19. The SMILES string of the molecule is CC(=O)N[C@H](Cc1ccc(F)c(F)c1)C(=O)NC1CCN(c2c(Cc3ccccc3)c(C)nc3ncnn23)CC1. The number of anilines is 1. The van der Waals surface area contributed by atoms with Gasteiger partial charge >= 0.3 is 0 Å². The summed E-state index contributed by atoms with van der Waals surface area (Å²) in [5, 5.41) is 10.1. The number of benzene rings is 2. The molecule has 1 fully saturated rings. The lowest BCUT2D eigenvalue weighted by molar-refractivity contribution is -0.128. The number of fused-ring (bicyclic) bond motifs is 1. The number of hydrogen-bond donors (Lipinski definition) is 2. The first-order valence-electron chi connectivity index (χ1n) is 13.3. The fraction of sp³-hybridized carbons (Fsp3) is 0.345. The molecule has 0 unspecified atom stereocenters. The maximum atomic E-state index is 13.7. The third-order valence-corrected chi connectivity index (χ3v) is 7.19. The average molecular weight is 548 g/mol. The van der Waals surface area contributed by atoms with E-state index in [0.717, 1.165) is 29.2 Å². The van der Waals surface area contributed by atoms with Crippen LogP contribution in [0.3, 0.4) is 0 Å². The Morgan fingerprint density at radius 3 is 2.50 bits per heavy atom. The van der Waals surface area contributed by atoms with Crippen LogP contribution in [0.5, 0.6) is 0 Å². The van der Waals surface area contributed by atoms with Crippen LogP contribution in [0.15, 0.2) is 54.9 Å². The lowest BCUT2D eigenvalue weighted by Crippen LogP contribution is -2.52. The summed E-state index contributed by atoms with van der Waals surface area (Å²) in [5.74, 6) is -1.21. The number of nitrogens with one attached hydrogen (secondary N) is 2. The standard InChI is InChI=1S/C29H31F2N7O2/c1-18-23(14-20-6-4-3-5-7-20)28(38-29(34-18)32-17-33-38)37-12-10-22(11-13-37)36-27(40)26(35-19(2)39)16-21-8-9-24(30)25(31)15-21/h3-9,15,17,22,26H,10-14,16H2,1-2H3,(H,35,39)(H,36,40)/t26-/m1/s1. The molecule has 2 N–H and O–H groups in total. The van der Waals surface area contributed by atoms with Gasteiger partial charge in [-0.25, -0.2) is 13.8 Å². The normalized spacial score (nSPS) is 14.8. The van der Waals surface area contributed by atoms with Crippen LogP contribution in [-0.4, -0.2) is 56.6 Å². The van der Waals surface area contributed by atoms with E-state index in [4.69, 9.17) is 0 Å². The Bertz CT molecular complexity index is 1520. The molecule has 2 amide bonds. The number of halogens is 2. The second kappa shape index (κ2) is 11.8. The summed E-state index contributed by atoms with van der Waals surface area (Å²) < 4.78 is 28.8. The van der Waals surface area contributed by atoms with Gasteiger partial charge < -0.3 is 15.5 Å². The van der Waals surface area contributed by atoms with E-state index in [0.29, 0.717) is 43.7 Å². The van der Waals surface area contributed by atoms with Crippen LogP contribution >= 0.6 is 0 Å². The zero-order valence-corrected chi connectivity index (χ0v) is 22.4. The molecule has 11 heteroatoms. The van der Waals surface area contributed by atoms with Gasteiger partial charge in [0, 0.05) is 50.2 Å². The van der Waals surface area contributed by atoms with E-state index in [2.05, 4.69) is 42.7 Å². The molecule has 40 heavy (non-hydrogen) atoms. The Labute approximate surface area is 230 Å². The van der Waals surface area contributed by atoms with Gasteiger partial charge in [0.1, 0.15) is 18.2 Å². The van der Waals surface area contributed by atoms with Crippen LogP contribution in [0, 0.1) is 18.6 Å². The molecule has 1 aliphatic rings. The number of carbonyl (C=O) groups is 2. The predicted molar refractivity (Wildman–Crippen MR) is 146 cm³/mol. The highest BCUT2D eigenvalue weighted by Gasteiger charge is 2.28. The summed E-state index contributed by atoms with van der Waals surface area (Å²) in [7, 11) is 0. The van der Waals surface area contributed by atoms with E-state index in [1.165, 1.54) is 24.9 Å². The molecule has 0 radical (unpaired) electrons. The van der Waals surface area contributed by atoms with Crippen molar-refractivity contribution in [3.8, 4) is 0 Å². The molecule has 0 spiro atoms. The first-order chi connectivity index (χ1) is 19.3. The molecule has 1 saturated heterocycles. The van der Waals surface area contributed by atoms with E-state index in [1.54, 1.807) is 4.52 Å². The molecule has 1 atom stereocenters. The van der Waals surface area contributed by atoms with Crippen LogP contribution in [-0.2, 0) is 22.4 Å². The maximum absolute atomic E-state index is 13.7. The number of hydrogen-bond acceptors (Lipinski definition) is 6. The predicted octanol–water partition coefficient (Wildman–Crippen LogP) is 3.13. The molecule has 208 valence electrons. The van der Waals surface area contributed by atoms with Gasteiger partial charge in [-0.15, -0.1) is 0 Å². The van der Waals surface area contributed by atoms with Gasteiger partial charge in [-0.05, 0) is 43.0 Å². The smallest absolute Gasteiger partial charge is 0.254 e. The first kappa shape index (κ1) is 27.2. The van der Waals surface area contributed by atoms with Crippen molar-refractivity contribution in [2.24, 2.45) is 0 Å². The van der Waals surface area contributed by atoms with Gasteiger partial charge in [-0.3, -0.25) is 9.59 Å². The maximum Gasteiger partial charge on any atom is 0.254 e. The zero-order chi connectivity index (χ0) is 28.2. The van der Waals surface area contributed by atoms with E-state index in [-0.39, 0.29) is 24.3 Å². The van der Waals surface area contributed by atoms with Crippen molar-refractivity contribution in [2.45, 2.75) is 51.6 Å². The fourth-order valence-electron chi connectivity index (χ4n) is 5.19. The highest BCUT2D eigenvalue weighted by molar-refractivity contribution is 5.87. The van der Waals surface area contributed by atoms with Crippen molar-refractivity contribution in [3.63, 3.8) is 0 Å². The molecule has 1 aliphatic heterocycles. The molecule has 3 heterocycles. The van der Waals surface area contributed by atoms with Crippen LogP contribution in [0.1, 0.15) is 42.1 Å². The summed E-state index contributed by atoms with van der Waals surface area (Å²) in [6.45, 7) is 4.63. The summed E-state index contributed by atoms with van der Waals surface area (Å²) in [4.78, 5) is 36.2. The number of aryl methyl sites for hydroxylation is 1. The van der Waals surface area contributed by atoms with Gasteiger partial charge in [-0.2, -0.15) is 14.6 Å². The minimum absolute atomic E-state index is 0.0465. The van der Waals surface area contributed by atoms with Gasteiger partial charge in [0.05, 0.1) is 0 Å². The van der Waals surface area contributed by atoms with E-state index in [1.807, 2.05) is 25.1 Å². The Hall–Kier alpha value is -4.41. The van der Waals surface area contributed by atoms with Crippen LogP contribution in [0.25, 0.3) is 5.78 Å². The monoisotopic (exact) mass is 547 g/mol. The van der Waals surface area contributed by atoms with Gasteiger partial charge in [0.2, 0.25) is 11.8 Å². The Morgan fingerprint density at radius 1 is 1.05 bits per heavy atom. The van der Waals surface area contributed by atoms with Gasteiger partial charge in [-0.1, -0.05) is 36.4 Å². The number of rotatable bonds is 8. The Morgan fingerprint density at radius 2 is 1.80 bits per heavy atom. The van der Waals surface area contributed by atoms with Gasteiger partial charge in [0.15, 0.2) is 11.6 Å². The van der Waals surface area contributed by atoms with E-state index >= 15 is 0 Å². The van der Waals surface area contributed by atoms with Crippen molar-refractivity contribution in [2.75, 3.05) is 18.0 Å². The highest BCUT2D eigenvalue weighted by atomic mass is 19.2. The van der Waals surface area contributed by atoms with E-state index in [9.17, 15) is 18.4 Å². The van der Waals surface area contributed by atoms with E-state index < -0.39 is 17.7 Å². The fourth-order valence-corrected chi connectivity index (χ4v) is 5.19. The number of piperidine rings is 1. The summed E-state index contributed by atoms with van der Waals surface area (Å²) in [5.41, 5.74) is 3.55. The Balaban J connectivity index is 1.29. The molecule has 0 aliphatic carbocycles. The first-order valence-corrected chi connectivity index (χ1v) is 13.3. The number of carbonyl (C=O) groups excluding carboxylic acids is 2.